The summed E-state index contributed by atoms with van der Waals surface area (Å²) in [7, 11) is 0. The average molecular weight is 314 g/mol. The van der Waals surface area contributed by atoms with Gasteiger partial charge in [-0.2, -0.15) is 5.10 Å². The molecule has 1 unspecified atom stereocenters. The molecule has 0 fully saturated rings. The molecule has 6 heteroatoms. The van der Waals surface area contributed by atoms with E-state index in [1.807, 2.05) is 6.92 Å². The van der Waals surface area contributed by atoms with E-state index in [4.69, 9.17) is 0 Å². The van der Waals surface area contributed by atoms with Crippen molar-refractivity contribution >= 4 is 15.9 Å². The molecule has 0 spiro atoms. The zero-order chi connectivity index (χ0) is 13.1. The number of aliphatic hydroxyl groups is 1. The molecule has 0 bridgehead atoms. The van der Waals surface area contributed by atoms with Gasteiger partial charge in [0.05, 0.1) is 10.6 Å². The van der Waals surface area contributed by atoms with Crippen LogP contribution in [0.3, 0.4) is 0 Å². The smallest absolute Gasteiger partial charge is 0.138 e. The van der Waals surface area contributed by atoms with Crippen LogP contribution >= 0.6 is 15.9 Å². The molecule has 0 saturated heterocycles. The molecule has 2 rings (SSSR count). The molecule has 1 aromatic heterocycles. The van der Waals surface area contributed by atoms with Crippen molar-refractivity contribution in [2.75, 3.05) is 0 Å². The Morgan fingerprint density at radius 3 is 3.00 bits per heavy atom. The molecule has 1 atom stereocenters. The van der Waals surface area contributed by atoms with Gasteiger partial charge in [-0.3, -0.25) is 4.68 Å². The number of benzene rings is 1. The number of aryl methyl sites for hydroxylation is 1. The molecular weight excluding hydrogens is 301 g/mol. The zero-order valence-corrected chi connectivity index (χ0v) is 11.4. The molecule has 1 N–H and O–H groups in total. The summed E-state index contributed by atoms with van der Waals surface area (Å²) < 4.78 is 15.4. The Morgan fingerprint density at radius 2 is 2.28 bits per heavy atom. The summed E-state index contributed by atoms with van der Waals surface area (Å²) in [6.07, 6.45) is 0.937. The summed E-state index contributed by atoms with van der Waals surface area (Å²) in [5.74, 6) is 0.296. The van der Waals surface area contributed by atoms with Crippen molar-refractivity contribution in [3.05, 3.63) is 46.2 Å². The van der Waals surface area contributed by atoms with E-state index in [1.54, 1.807) is 16.8 Å². The molecule has 0 aliphatic heterocycles. The van der Waals surface area contributed by atoms with Gasteiger partial charge in [0.25, 0.3) is 0 Å². The molecule has 0 saturated carbocycles. The maximum atomic E-state index is 13.4. The first kappa shape index (κ1) is 13.2. The molecule has 0 radical (unpaired) electrons. The second kappa shape index (κ2) is 5.58. The number of aliphatic hydroxyl groups excluding tert-OH is 1. The van der Waals surface area contributed by atoms with Crippen LogP contribution in [-0.2, 0) is 13.0 Å². The third-order valence-electron chi connectivity index (χ3n) is 2.71. The third-order valence-corrected chi connectivity index (χ3v) is 3.55. The Labute approximate surface area is 113 Å². The second-order valence-electron chi connectivity index (χ2n) is 3.85. The van der Waals surface area contributed by atoms with Gasteiger partial charge in [-0.25, -0.2) is 9.37 Å². The van der Waals surface area contributed by atoms with E-state index < -0.39 is 6.10 Å². The third kappa shape index (κ3) is 2.59. The largest absolute Gasteiger partial charge is 0.388 e. The normalized spacial score (nSPS) is 12.7. The minimum Gasteiger partial charge on any atom is -0.388 e. The SMILES string of the molecule is CCn1ncnc1CC(O)c1cccc(F)c1Br. The number of hydrogen-bond acceptors (Lipinski definition) is 3. The molecule has 1 aromatic carbocycles. The Hall–Kier alpha value is -1.27. The zero-order valence-electron chi connectivity index (χ0n) is 9.85. The van der Waals surface area contributed by atoms with Crippen molar-refractivity contribution in [1.29, 1.82) is 0 Å². The van der Waals surface area contributed by atoms with Gasteiger partial charge in [0.15, 0.2) is 0 Å². The van der Waals surface area contributed by atoms with Gasteiger partial charge >= 0.3 is 0 Å². The Morgan fingerprint density at radius 1 is 1.50 bits per heavy atom. The maximum absolute atomic E-state index is 13.4. The number of hydrogen-bond donors (Lipinski definition) is 1. The number of halogens is 2. The van der Waals surface area contributed by atoms with E-state index in [-0.39, 0.29) is 5.82 Å². The van der Waals surface area contributed by atoms with Gasteiger partial charge in [0.2, 0.25) is 0 Å². The highest BCUT2D eigenvalue weighted by molar-refractivity contribution is 9.10. The fourth-order valence-corrected chi connectivity index (χ4v) is 2.30. The van der Waals surface area contributed by atoms with Crippen LogP contribution in [-0.4, -0.2) is 19.9 Å². The van der Waals surface area contributed by atoms with Crippen LogP contribution in [0.25, 0.3) is 0 Å². The summed E-state index contributed by atoms with van der Waals surface area (Å²) in [6.45, 7) is 2.63. The highest BCUT2D eigenvalue weighted by Crippen LogP contribution is 2.27. The van der Waals surface area contributed by atoms with Crippen LogP contribution < -0.4 is 0 Å². The lowest BCUT2D eigenvalue weighted by Gasteiger charge is -2.13. The van der Waals surface area contributed by atoms with Crippen LogP contribution in [0.5, 0.6) is 0 Å². The highest BCUT2D eigenvalue weighted by atomic mass is 79.9. The maximum Gasteiger partial charge on any atom is 0.138 e. The van der Waals surface area contributed by atoms with Crippen molar-refractivity contribution in [3.8, 4) is 0 Å². The van der Waals surface area contributed by atoms with Crippen molar-refractivity contribution in [2.45, 2.75) is 26.0 Å². The van der Waals surface area contributed by atoms with Crippen LogP contribution in [0.15, 0.2) is 29.0 Å². The highest BCUT2D eigenvalue weighted by Gasteiger charge is 2.17. The lowest BCUT2D eigenvalue weighted by atomic mass is 10.1. The van der Waals surface area contributed by atoms with E-state index in [2.05, 4.69) is 26.0 Å². The summed E-state index contributed by atoms with van der Waals surface area (Å²) >= 11 is 3.14. The second-order valence-corrected chi connectivity index (χ2v) is 4.65. The van der Waals surface area contributed by atoms with Crippen LogP contribution in [0, 0.1) is 5.82 Å². The van der Waals surface area contributed by atoms with E-state index in [1.165, 1.54) is 12.4 Å². The first-order chi connectivity index (χ1) is 8.63. The quantitative estimate of drug-likeness (QED) is 0.943. The van der Waals surface area contributed by atoms with E-state index >= 15 is 0 Å². The molecule has 0 aliphatic rings. The van der Waals surface area contributed by atoms with Crippen LogP contribution in [0.2, 0.25) is 0 Å². The van der Waals surface area contributed by atoms with E-state index in [0.717, 1.165) is 0 Å². The van der Waals surface area contributed by atoms with Crippen molar-refractivity contribution in [3.63, 3.8) is 0 Å². The molecule has 1 heterocycles. The minimum atomic E-state index is -0.815. The Bertz CT molecular complexity index is 544. The van der Waals surface area contributed by atoms with Crippen LogP contribution in [0.1, 0.15) is 24.4 Å². The monoisotopic (exact) mass is 313 g/mol. The van der Waals surface area contributed by atoms with Gasteiger partial charge in [0.1, 0.15) is 18.0 Å². The number of aromatic nitrogens is 3. The summed E-state index contributed by atoms with van der Waals surface area (Å²) in [6, 6.07) is 4.60. The summed E-state index contributed by atoms with van der Waals surface area (Å²) in [5, 5.41) is 14.2. The van der Waals surface area contributed by atoms with Gasteiger partial charge in [-0.1, -0.05) is 12.1 Å². The van der Waals surface area contributed by atoms with Crippen molar-refractivity contribution in [1.82, 2.24) is 14.8 Å². The topological polar surface area (TPSA) is 50.9 Å². The standard InChI is InChI=1S/C12H13BrFN3O/c1-2-17-11(15-7-16-17)6-10(18)8-4-3-5-9(14)12(8)13/h3-5,7,10,18H,2,6H2,1H3. The molecule has 4 nitrogen and oxygen atoms in total. The molecule has 0 amide bonds. The van der Waals surface area contributed by atoms with Gasteiger partial charge < -0.3 is 5.11 Å². The summed E-state index contributed by atoms with van der Waals surface area (Å²) in [4.78, 5) is 4.09. The van der Waals surface area contributed by atoms with Crippen LogP contribution in [0.4, 0.5) is 4.39 Å². The predicted molar refractivity (Wildman–Crippen MR) is 68.5 cm³/mol. The minimum absolute atomic E-state index is 0.292. The molecule has 18 heavy (non-hydrogen) atoms. The molecule has 2 aromatic rings. The molecule has 96 valence electrons. The fourth-order valence-electron chi connectivity index (χ4n) is 1.77. The summed E-state index contributed by atoms with van der Waals surface area (Å²) in [5.41, 5.74) is 0.514. The Kier molecular flexibility index (Phi) is 4.08. The van der Waals surface area contributed by atoms with E-state index in [9.17, 15) is 9.50 Å². The number of rotatable bonds is 4. The first-order valence-electron chi connectivity index (χ1n) is 5.62. The van der Waals surface area contributed by atoms with Gasteiger partial charge in [-0.15, -0.1) is 0 Å². The van der Waals surface area contributed by atoms with Crippen molar-refractivity contribution in [2.24, 2.45) is 0 Å². The lowest BCUT2D eigenvalue weighted by Crippen LogP contribution is -2.10. The first-order valence-corrected chi connectivity index (χ1v) is 6.41. The average Bonchev–Trinajstić information content (AvgIpc) is 2.79. The van der Waals surface area contributed by atoms with Gasteiger partial charge in [-0.05, 0) is 34.5 Å². The fraction of sp³-hybridized carbons (Fsp3) is 0.333. The Balaban J connectivity index is 2.22. The predicted octanol–water partition coefficient (Wildman–Crippen LogP) is 2.48. The lowest BCUT2D eigenvalue weighted by molar-refractivity contribution is 0.172. The number of nitrogens with zero attached hydrogens (tertiary/aromatic N) is 3. The van der Waals surface area contributed by atoms with Gasteiger partial charge in [0, 0.05) is 13.0 Å². The molecule has 0 aliphatic carbocycles. The van der Waals surface area contributed by atoms with E-state index in [0.29, 0.717) is 28.8 Å². The molecular formula is C12H13BrFN3O. The van der Waals surface area contributed by atoms with Crippen molar-refractivity contribution < 1.29 is 9.50 Å².